The maximum Gasteiger partial charge on any atom is 0.136 e. The van der Waals surface area contributed by atoms with Crippen molar-refractivity contribution in [3.8, 4) is 0 Å². The van der Waals surface area contributed by atoms with Crippen molar-refractivity contribution in [3.05, 3.63) is 0 Å². The van der Waals surface area contributed by atoms with Crippen LogP contribution in [0.3, 0.4) is 0 Å². The molecule has 0 saturated carbocycles. The Hall–Kier alpha value is 0.700. The lowest BCUT2D eigenvalue weighted by Gasteiger charge is -2.15. The Balaban J connectivity index is -0.000000239. The van der Waals surface area contributed by atoms with E-state index in [0.717, 1.165) is 6.29 Å². The molecule has 116 valence electrons. The van der Waals surface area contributed by atoms with E-state index in [1.807, 2.05) is 44.2 Å². The second-order valence-electron chi connectivity index (χ2n) is 4.21. The lowest BCUT2D eigenvalue weighted by atomic mass is 10.2. The molecule has 0 aromatic heterocycles. The Kier molecular flexibility index (Phi) is 19.6. The molecule has 0 spiro atoms. The molecule has 0 aromatic carbocycles. The van der Waals surface area contributed by atoms with Gasteiger partial charge in [-0.25, -0.2) is 0 Å². The van der Waals surface area contributed by atoms with Crippen LogP contribution >= 0.6 is 43.2 Å². The summed E-state index contributed by atoms with van der Waals surface area (Å²) in [6.45, 7) is 8.12. The highest BCUT2D eigenvalue weighted by Gasteiger charge is 2.15. The third-order valence-electron chi connectivity index (χ3n) is 1.32. The minimum atomic E-state index is -0.209. The van der Waals surface area contributed by atoms with E-state index in [1.54, 1.807) is 32.4 Å². The van der Waals surface area contributed by atoms with E-state index in [1.165, 1.54) is 7.05 Å². The first kappa shape index (κ1) is 24.7. The number of nitrogens with two attached hydrogens (primary N) is 1. The Morgan fingerprint density at radius 3 is 1.53 bits per heavy atom. The maximum atomic E-state index is 10.2. The SMILES string of the molecule is CN.CN=CC(C)(C)SSC.CSSC(C)(C)C=O. The minimum absolute atomic E-state index is 0.189. The molecule has 0 radical (unpaired) electrons. The van der Waals surface area contributed by atoms with Gasteiger partial charge in [0.05, 0.1) is 9.49 Å². The second kappa shape index (κ2) is 15.1. The van der Waals surface area contributed by atoms with Crippen LogP contribution in [0, 0.1) is 0 Å². The summed E-state index contributed by atoms with van der Waals surface area (Å²) in [5, 5.41) is 0. The maximum absolute atomic E-state index is 10.2. The summed E-state index contributed by atoms with van der Waals surface area (Å²) in [7, 11) is 10.1. The van der Waals surface area contributed by atoms with Gasteiger partial charge in [-0.05, 0) is 47.3 Å². The fraction of sp³-hybridized carbons (Fsp3) is 0.833. The van der Waals surface area contributed by atoms with Crippen molar-refractivity contribution >= 4 is 55.7 Å². The Morgan fingerprint density at radius 2 is 1.32 bits per heavy atom. The average Bonchev–Trinajstić information content (AvgIpc) is 2.32. The largest absolute Gasteiger partial charge is 0.333 e. The standard InChI is InChI=1S/C6H13NS2.C5H10OS2.CH5N/c1-6(2,5-7-3)9-8-4;1-5(2,4-6)8-7-3;1-2/h5H,1-4H3;4H,1-3H3;2H2,1H3. The molecule has 0 amide bonds. The third kappa shape index (κ3) is 21.2. The van der Waals surface area contributed by atoms with Crippen LogP contribution in [0.15, 0.2) is 4.99 Å². The molecular formula is C12H28N2OS4. The first-order valence-electron chi connectivity index (χ1n) is 5.65. The molecule has 0 bridgehead atoms. The van der Waals surface area contributed by atoms with E-state index in [-0.39, 0.29) is 9.49 Å². The van der Waals surface area contributed by atoms with Gasteiger partial charge in [0.1, 0.15) is 6.29 Å². The number of nitrogens with zero attached hydrogens (tertiary/aromatic N) is 1. The molecule has 0 saturated heterocycles. The van der Waals surface area contributed by atoms with Crippen molar-refractivity contribution in [3.63, 3.8) is 0 Å². The van der Waals surface area contributed by atoms with E-state index >= 15 is 0 Å². The molecule has 7 heteroatoms. The number of rotatable bonds is 6. The van der Waals surface area contributed by atoms with Gasteiger partial charge in [0.25, 0.3) is 0 Å². The molecule has 0 aromatic rings. The number of carbonyl (C=O) groups excluding carboxylic acids is 1. The summed E-state index contributed by atoms with van der Waals surface area (Å²) in [5.41, 5.74) is 4.50. The van der Waals surface area contributed by atoms with Crippen LogP contribution in [-0.4, -0.2) is 48.6 Å². The minimum Gasteiger partial charge on any atom is -0.333 e. The van der Waals surface area contributed by atoms with Crippen LogP contribution in [0.2, 0.25) is 0 Å². The number of hydrogen-bond donors (Lipinski definition) is 1. The van der Waals surface area contributed by atoms with Crippen molar-refractivity contribution < 1.29 is 4.79 Å². The Labute approximate surface area is 134 Å². The molecule has 0 aliphatic carbocycles. The molecule has 0 unspecified atom stereocenters. The van der Waals surface area contributed by atoms with Crippen molar-refractivity contribution in [2.45, 2.75) is 37.2 Å². The summed E-state index contributed by atoms with van der Waals surface area (Å²) >= 11 is 0. The summed E-state index contributed by atoms with van der Waals surface area (Å²) in [5.74, 6) is 0. The number of aldehydes is 1. The number of hydrogen-bond acceptors (Lipinski definition) is 7. The zero-order chi connectivity index (χ0) is 15.9. The molecular weight excluding hydrogens is 316 g/mol. The fourth-order valence-electron chi connectivity index (χ4n) is 0.782. The highest BCUT2D eigenvalue weighted by atomic mass is 33.1. The predicted molar refractivity (Wildman–Crippen MR) is 101 cm³/mol. The zero-order valence-electron chi connectivity index (χ0n) is 13.2. The van der Waals surface area contributed by atoms with E-state index in [0.29, 0.717) is 0 Å². The van der Waals surface area contributed by atoms with Gasteiger partial charge in [-0.2, -0.15) is 0 Å². The first-order valence-corrected chi connectivity index (χ1v) is 10.8. The fourth-order valence-corrected chi connectivity index (χ4v) is 4.65. The molecule has 0 rings (SSSR count). The van der Waals surface area contributed by atoms with Gasteiger partial charge in [-0.1, -0.05) is 43.2 Å². The van der Waals surface area contributed by atoms with Crippen molar-refractivity contribution in [2.75, 3.05) is 26.6 Å². The van der Waals surface area contributed by atoms with Crippen molar-refractivity contribution in [2.24, 2.45) is 10.7 Å². The second-order valence-corrected chi connectivity index (χ2v) is 10.3. The highest BCUT2D eigenvalue weighted by molar-refractivity contribution is 8.77. The van der Waals surface area contributed by atoms with Crippen LogP contribution in [0.4, 0.5) is 0 Å². The Morgan fingerprint density at radius 1 is 0.947 bits per heavy atom. The van der Waals surface area contributed by atoms with Gasteiger partial charge in [0.15, 0.2) is 0 Å². The Bertz CT molecular complexity index is 234. The van der Waals surface area contributed by atoms with Crippen molar-refractivity contribution in [1.29, 1.82) is 0 Å². The lowest BCUT2D eigenvalue weighted by Crippen LogP contribution is -2.14. The quantitative estimate of drug-likeness (QED) is 0.446. The van der Waals surface area contributed by atoms with E-state index in [2.05, 4.69) is 30.8 Å². The smallest absolute Gasteiger partial charge is 0.136 e. The van der Waals surface area contributed by atoms with Gasteiger partial charge in [0.2, 0.25) is 0 Å². The molecule has 0 aliphatic heterocycles. The molecule has 2 N–H and O–H groups in total. The van der Waals surface area contributed by atoms with Crippen LogP contribution in [0.5, 0.6) is 0 Å². The van der Waals surface area contributed by atoms with Crippen LogP contribution in [-0.2, 0) is 4.79 Å². The predicted octanol–water partition coefficient (Wildman–Crippen LogP) is 4.03. The van der Waals surface area contributed by atoms with Gasteiger partial charge >= 0.3 is 0 Å². The molecule has 19 heavy (non-hydrogen) atoms. The summed E-state index contributed by atoms with van der Waals surface area (Å²) < 4.78 is -0.0203. The van der Waals surface area contributed by atoms with Crippen LogP contribution < -0.4 is 5.73 Å². The van der Waals surface area contributed by atoms with Gasteiger partial charge in [0, 0.05) is 13.3 Å². The van der Waals surface area contributed by atoms with Crippen LogP contribution in [0.25, 0.3) is 0 Å². The lowest BCUT2D eigenvalue weighted by molar-refractivity contribution is -0.109. The van der Waals surface area contributed by atoms with Gasteiger partial charge < -0.3 is 10.5 Å². The number of carbonyl (C=O) groups is 1. The first-order chi connectivity index (χ1) is 8.74. The summed E-state index contributed by atoms with van der Waals surface area (Å²) in [6.07, 6.45) is 6.98. The molecule has 0 heterocycles. The van der Waals surface area contributed by atoms with E-state index < -0.39 is 0 Å². The van der Waals surface area contributed by atoms with Gasteiger partial charge in [-0.3, -0.25) is 4.99 Å². The zero-order valence-corrected chi connectivity index (χ0v) is 16.5. The monoisotopic (exact) mass is 344 g/mol. The highest BCUT2D eigenvalue weighted by Crippen LogP contribution is 2.32. The summed E-state index contributed by atoms with van der Waals surface area (Å²) in [4.78, 5) is 14.1. The molecule has 0 fully saturated rings. The average molecular weight is 345 g/mol. The van der Waals surface area contributed by atoms with E-state index in [4.69, 9.17) is 0 Å². The van der Waals surface area contributed by atoms with Crippen molar-refractivity contribution in [1.82, 2.24) is 0 Å². The molecule has 3 nitrogen and oxygen atoms in total. The van der Waals surface area contributed by atoms with Gasteiger partial charge in [-0.15, -0.1) is 0 Å². The summed E-state index contributed by atoms with van der Waals surface area (Å²) in [6, 6.07) is 0. The number of aliphatic imine (C=N–C) groups is 1. The van der Waals surface area contributed by atoms with E-state index in [9.17, 15) is 4.79 Å². The van der Waals surface area contributed by atoms with Crippen LogP contribution in [0.1, 0.15) is 27.7 Å². The third-order valence-corrected chi connectivity index (χ3v) is 6.29. The topological polar surface area (TPSA) is 55.4 Å². The molecule has 0 aliphatic rings. The molecule has 0 atom stereocenters. The normalized spacial score (nSPS) is 11.2.